The monoisotopic (exact) mass is 362 g/mol. The maximum atomic E-state index is 12.6. The van der Waals surface area contributed by atoms with Crippen molar-refractivity contribution in [2.75, 3.05) is 4.90 Å². The Hall–Kier alpha value is -3.13. The van der Waals surface area contributed by atoms with Crippen molar-refractivity contribution in [1.82, 2.24) is 0 Å². The molecule has 1 atom stereocenters. The van der Waals surface area contributed by atoms with Crippen molar-refractivity contribution in [1.29, 1.82) is 5.26 Å². The van der Waals surface area contributed by atoms with Crippen LogP contribution >= 0.6 is 0 Å². The average molecular weight is 362 g/mol. The number of hydrogen-bond donors (Lipinski definition) is 0. The predicted octanol–water partition coefficient (Wildman–Crippen LogP) is 4.16. The second kappa shape index (κ2) is 6.88. The normalized spacial score (nSPS) is 14.5. The summed E-state index contributed by atoms with van der Waals surface area (Å²) in [5, 5.41) is 9.03. The van der Waals surface area contributed by atoms with Crippen molar-refractivity contribution in [2.24, 2.45) is 0 Å². The molecule has 5 heteroatoms. The summed E-state index contributed by atoms with van der Waals surface area (Å²) in [4.78, 5) is 26.6. The molecular weight excluding hydrogens is 340 g/mol. The van der Waals surface area contributed by atoms with Crippen LogP contribution in [-0.2, 0) is 16.1 Å². The van der Waals surface area contributed by atoms with Gasteiger partial charge in [0.05, 0.1) is 24.1 Å². The van der Waals surface area contributed by atoms with E-state index in [0.29, 0.717) is 17.7 Å². The SMILES string of the molecule is CC(C(=O)OC(C)(C)C)c1ccc(N2Cc3cc(C#N)ccc3C2=O)cc1. The summed E-state index contributed by atoms with van der Waals surface area (Å²) in [6.45, 7) is 7.77. The lowest BCUT2D eigenvalue weighted by molar-refractivity contribution is -0.156. The van der Waals surface area contributed by atoms with Gasteiger partial charge in [-0.05, 0) is 69.2 Å². The van der Waals surface area contributed by atoms with Crippen molar-refractivity contribution in [3.05, 3.63) is 64.7 Å². The number of benzene rings is 2. The maximum Gasteiger partial charge on any atom is 0.313 e. The third kappa shape index (κ3) is 3.85. The summed E-state index contributed by atoms with van der Waals surface area (Å²) in [6.07, 6.45) is 0. The fraction of sp³-hybridized carbons (Fsp3) is 0.318. The third-order valence-corrected chi connectivity index (χ3v) is 4.50. The molecule has 2 aromatic rings. The molecule has 138 valence electrons. The number of fused-ring (bicyclic) bond motifs is 1. The molecule has 0 bridgehead atoms. The van der Waals surface area contributed by atoms with E-state index in [-0.39, 0.29) is 17.8 Å². The van der Waals surface area contributed by atoms with Gasteiger partial charge < -0.3 is 9.64 Å². The summed E-state index contributed by atoms with van der Waals surface area (Å²) in [6, 6.07) is 14.6. The molecule has 0 radical (unpaired) electrons. The molecular formula is C22H22N2O3. The van der Waals surface area contributed by atoms with Gasteiger partial charge in [-0.1, -0.05) is 12.1 Å². The van der Waals surface area contributed by atoms with Gasteiger partial charge in [-0.25, -0.2) is 0 Å². The molecule has 27 heavy (non-hydrogen) atoms. The van der Waals surface area contributed by atoms with Crippen LogP contribution in [0.3, 0.4) is 0 Å². The number of hydrogen-bond acceptors (Lipinski definition) is 4. The lowest BCUT2D eigenvalue weighted by atomic mass is 10.0. The highest BCUT2D eigenvalue weighted by Gasteiger charge is 2.29. The number of ether oxygens (including phenoxy) is 1. The number of esters is 1. The van der Waals surface area contributed by atoms with E-state index < -0.39 is 5.60 Å². The van der Waals surface area contributed by atoms with Crippen LogP contribution in [-0.4, -0.2) is 17.5 Å². The van der Waals surface area contributed by atoms with E-state index in [9.17, 15) is 9.59 Å². The number of nitriles is 1. The minimum absolute atomic E-state index is 0.0811. The molecule has 3 rings (SSSR count). The zero-order chi connectivity index (χ0) is 19.8. The van der Waals surface area contributed by atoms with Gasteiger partial charge in [0.15, 0.2) is 0 Å². The zero-order valence-corrected chi connectivity index (χ0v) is 15.9. The highest BCUT2D eigenvalue weighted by Crippen LogP contribution is 2.30. The first-order valence-electron chi connectivity index (χ1n) is 8.87. The number of carbonyl (C=O) groups excluding carboxylic acids is 2. The summed E-state index contributed by atoms with van der Waals surface area (Å²) >= 11 is 0. The maximum absolute atomic E-state index is 12.6. The standard InChI is InChI=1S/C22H22N2O3/c1-14(21(26)27-22(2,3)4)16-6-8-18(9-7-16)24-13-17-11-15(12-23)5-10-19(17)20(24)25/h5-11,14H,13H2,1-4H3. The van der Waals surface area contributed by atoms with Gasteiger partial charge in [-0.15, -0.1) is 0 Å². The van der Waals surface area contributed by atoms with Gasteiger partial charge in [0, 0.05) is 11.3 Å². The van der Waals surface area contributed by atoms with Crippen molar-refractivity contribution < 1.29 is 14.3 Å². The molecule has 2 aromatic carbocycles. The number of amides is 1. The first-order chi connectivity index (χ1) is 12.7. The fourth-order valence-corrected chi connectivity index (χ4v) is 3.07. The Bertz CT molecular complexity index is 934. The lowest BCUT2D eigenvalue weighted by Crippen LogP contribution is -2.27. The molecule has 1 unspecified atom stereocenters. The second-order valence-corrected chi connectivity index (χ2v) is 7.72. The Balaban J connectivity index is 1.77. The number of rotatable bonds is 3. The minimum atomic E-state index is -0.526. The Morgan fingerprint density at radius 2 is 1.85 bits per heavy atom. The molecule has 5 nitrogen and oxygen atoms in total. The Morgan fingerprint density at radius 1 is 1.19 bits per heavy atom. The highest BCUT2D eigenvalue weighted by molar-refractivity contribution is 6.10. The summed E-state index contributed by atoms with van der Waals surface area (Å²) < 4.78 is 5.44. The lowest BCUT2D eigenvalue weighted by Gasteiger charge is -2.23. The quantitative estimate of drug-likeness (QED) is 0.769. The van der Waals surface area contributed by atoms with Crippen molar-refractivity contribution in [3.63, 3.8) is 0 Å². The number of nitrogens with zero attached hydrogens (tertiary/aromatic N) is 2. The number of anilines is 1. The Labute approximate surface area is 159 Å². The first-order valence-corrected chi connectivity index (χ1v) is 8.87. The van der Waals surface area contributed by atoms with Crippen LogP contribution in [0.15, 0.2) is 42.5 Å². The molecule has 0 saturated carbocycles. The molecule has 0 N–H and O–H groups in total. The van der Waals surface area contributed by atoms with Gasteiger partial charge in [0.1, 0.15) is 5.60 Å². The Kier molecular flexibility index (Phi) is 4.75. The summed E-state index contributed by atoms with van der Waals surface area (Å²) in [5.41, 5.74) is 3.09. The van der Waals surface area contributed by atoms with E-state index in [1.54, 1.807) is 23.1 Å². The van der Waals surface area contributed by atoms with Gasteiger partial charge in [0.25, 0.3) is 5.91 Å². The van der Waals surface area contributed by atoms with E-state index in [1.807, 2.05) is 52.0 Å². The van der Waals surface area contributed by atoms with Crippen LogP contribution in [0.5, 0.6) is 0 Å². The van der Waals surface area contributed by atoms with E-state index >= 15 is 0 Å². The molecule has 0 saturated heterocycles. The van der Waals surface area contributed by atoms with Crippen LogP contribution < -0.4 is 4.90 Å². The third-order valence-electron chi connectivity index (χ3n) is 4.50. The molecule has 0 aliphatic carbocycles. The molecule has 1 aliphatic heterocycles. The van der Waals surface area contributed by atoms with Crippen LogP contribution in [0.2, 0.25) is 0 Å². The fourth-order valence-electron chi connectivity index (χ4n) is 3.07. The summed E-state index contributed by atoms with van der Waals surface area (Å²) in [5.74, 6) is -0.741. The van der Waals surface area contributed by atoms with Crippen molar-refractivity contribution in [3.8, 4) is 6.07 Å². The van der Waals surface area contributed by atoms with Gasteiger partial charge in [-0.2, -0.15) is 5.26 Å². The molecule has 1 heterocycles. The topological polar surface area (TPSA) is 70.4 Å². The van der Waals surface area contributed by atoms with E-state index in [4.69, 9.17) is 10.00 Å². The van der Waals surface area contributed by atoms with E-state index in [1.165, 1.54) is 0 Å². The summed E-state index contributed by atoms with van der Waals surface area (Å²) in [7, 11) is 0. The first kappa shape index (κ1) is 18.7. The minimum Gasteiger partial charge on any atom is -0.460 e. The average Bonchev–Trinajstić information content (AvgIpc) is 2.95. The molecule has 0 aromatic heterocycles. The van der Waals surface area contributed by atoms with Gasteiger partial charge in [0.2, 0.25) is 0 Å². The highest BCUT2D eigenvalue weighted by atomic mass is 16.6. The van der Waals surface area contributed by atoms with Crippen LogP contribution in [0.25, 0.3) is 0 Å². The van der Waals surface area contributed by atoms with Crippen LogP contribution in [0.4, 0.5) is 5.69 Å². The largest absolute Gasteiger partial charge is 0.460 e. The smallest absolute Gasteiger partial charge is 0.313 e. The van der Waals surface area contributed by atoms with E-state index in [0.717, 1.165) is 16.8 Å². The number of carbonyl (C=O) groups is 2. The molecule has 1 aliphatic rings. The Morgan fingerprint density at radius 3 is 2.44 bits per heavy atom. The van der Waals surface area contributed by atoms with Crippen molar-refractivity contribution >= 4 is 17.6 Å². The zero-order valence-electron chi connectivity index (χ0n) is 15.9. The molecule has 1 amide bonds. The van der Waals surface area contributed by atoms with Crippen molar-refractivity contribution in [2.45, 2.75) is 45.8 Å². The van der Waals surface area contributed by atoms with Gasteiger partial charge >= 0.3 is 5.97 Å². The van der Waals surface area contributed by atoms with Gasteiger partial charge in [-0.3, -0.25) is 9.59 Å². The van der Waals surface area contributed by atoms with Crippen LogP contribution in [0, 0.1) is 11.3 Å². The molecule has 0 spiro atoms. The molecule has 0 fully saturated rings. The second-order valence-electron chi connectivity index (χ2n) is 7.72. The van der Waals surface area contributed by atoms with Crippen LogP contribution in [0.1, 0.15) is 60.7 Å². The van der Waals surface area contributed by atoms with E-state index in [2.05, 4.69) is 6.07 Å². The predicted molar refractivity (Wildman–Crippen MR) is 102 cm³/mol.